The number of hydrogen-bond donors (Lipinski definition) is 1. The summed E-state index contributed by atoms with van der Waals surface area (Å²) in [6.07, 6.45) is 0. The summed E-state index contributed by atoms with van der Waals surface area (Å²) in [5.41, 5.74) is 0. The largest absolute Gasteiger partial charge is 0.492 e. The van der Waals surface area contributed by atoms with Gasteiger partial charge in [0.05, 0.1) is 13.2 Å². The number of carbonyl (C=O) groups excluding carboxylic acids is 1. The van der Waals surface area contributed by atoms with E-state index in [-0.39, 0.29) is 12.5 Å². The first-order valence-corrected chi connectivity index (χ1v) is 8.02. The van der Waals surface area contributed by atoms with Gasteiger partial charge in [0.25, 0.3) is 0 Å². The van der Waals surface area contributed by atoms with Crippen molar-refractivity contribution in [3.63, 3.8) is 0 Å². The van der Waals surface area contributed by atoms with Crippen LogP contribution in [0, 0.1) is 0 Å². The van der Waals surface area contributed by atoms with Crippen molar-refractivity contribution < 1.29 is 19.0 Å². The van der Waals surface area contributed by atoms with Gasteiger partial charge >= 0.3 is 0 Å². The molecule has 0 atom stereocenters. The molecule has 24 heavy (non-hydrogen) atoms. The van der Waals surface area contributed by atoms with E-state index in [0.29, 0.717) is 37.1 Å². The van der Waals surface area contributed by atoms with Gasteiger partial charge in [-0.2, -0.15) is 0 Å². The van der Waals surface area contributed by atoms with Crippen molar-refractivity contribution in [1.82, 2.24) is 5.32 Å². The van der Waals surface area contributed by atoms with Gasteiger partial charge in [-0.3, -0.25) is 4.79 Å². The number of carbonyl (C=O) groups is 1. The lowest BCUT2D eigenvalue weighted by Crippen LogP contribution is -2.31. The van der Waals surface area contributed by atoms with Gasteiger partial charge in [-0.05, 0) is 36.4 Å². The Hall–Kier alpha value is -2.24. The van der Waals surface area contributed by atoms with E-state index >= 15 is 0 Å². The van der Waals surface area contributed by atoms with E-state index in [1.54, 1.807) is 24.3 Å². The lowest BCUT2D eigenvalue weighted by molar-refractivity contribution is -0.126. The van der Waals surface area contributed by atoms with Gasteiger partial charge in [0.1, 0.15) is 31.3 Å². The maximum Gasteiger partial charge on any atom is 0.246 e. The summed E-state index contributed by atoms with van der Waals surface area (Å²) in [5.74, 6) is 1.31. The normalized spacial score (nSPS) is 10.2. The van der Waals surface area contributed by atoms with Crippen LogP contribution in [0.1, 0.15) is 0 Å². The molecule has 2 aromatic carbocycles. The average Bonchev–Trinajstić information content (AvgIpc) is 2.61. The molecule has 2 aromatic rings. The standard InChI is InChI=1S/C18H20ClNO4/c19-15-6-8-17(9-7-15)23-11-10-20-18(21)14-22-12-13-24-16-4-2-1-3-5-16/h1-9H,10-14H2,(H,20,21). The number of ether oxygens (including phenoxy) is 3. The summed E-state index contributed by atoms with van der Waals surface area (Å²) in [4.78, 5) is 11.6. The quantitative estimate of drug-likeness (QED) is 0.670. The number of rotatable bonds is 10. The van der Waals surface area contributed by atoms with Crippen molar-refractivity contribution in [2.75, 3.05) is 33.0 Å². The van der Waals surface area contributed by atoms with Crippen molar-refractivity contribution in [3.8, 4) is 11.5 Å². The van der Waals surface area contributed by atoms with Crippen LogP contribution < -0.4 is 14.8 Å². The van der Waals surface area contributed by atoms with E-state index in [4.69, 9.17) is 25.8 Å². The fourth-order valence-corrected chi connectivity index (χ4v) is 1.97. The highest BCUT2D eigenvalue weighted by atomic mass is 35.5. The highest BCUT2D eigenvalue weighted by molar-refractivity contribution is 6.30. The topological polar surface area (TPSA) is 56.8 Å². The van der Waals surface area contributed by atoms with Gasteiger partial charge < -0.3 is 19.5 Å². The molecule has 6 heteroatoms. The molecule has 0 unspecified atom stereocenters. The molecule has 0 radical (unpaired) electrons. The average molecular weight is 350 g/mol. The third-order valence-electron chi connectivity index (χ3n) is 2.98. The third kappa shape index (κ3) is 7.35. The van der Waals surface area contributed by atoms with Crippen LogP contribution in [-0.4, -0.2) is 38.9 Å². The predicted molar refractivity (Wildman–Crippen MR) is 92.7 cm³/mol. The molecule has 5 nitrogen and oxygen atoms in total. The molecule has 0 aliphatic carbocycles. The number of para-hydroxylation sites is 1. The van der Waals surface area contributed by atoms with Crippen molar-refractivity contribution in [2.45, 2.75) is 0 Å². The van der Waals surface area contributed by atoms with Crippen LogP contribution >= 0.6 is 11.6 Å². The SMILES string of the molecule is O=C(COCCOc1ccccc1)NCCOc1ccc(Cl)cc1. The zero-order chi connectivity index (χ0) is 17.0. The second-order valence-corrected chi connectivity index (χ2v) is 5.30. The summed E-state index contributed by atoms with van der Waals surface area (Å²) in [6.45, 7) is 1.54. The van der Waals surface area contributed by atoms with Crippen LogP contribution in [0.25, 0.3) is 0 Å². The van der Waals surface area contributed by atoms with Crippen LogP contribution in [0.3, 0.4) is 0 Å². The van der Waals surface area contributed by atoms with Crippen molar-refractivity contribution in [2.24, 2.45) is 0 Å². The second-order valence-electron chi connectivity index (χ2n) is 4.87. The highest BCUT2D eigenvalue weighted by Crippen LogP contribution is 2.15. The summed E-state index contributed by atoms with van der Waals surface area (Å²) in [7, 11) is 0. The molecule has 0 heterocycles. The Morgan fingerprint density at radius 2 is 1.54 bits per heavy atom. The Labute approximate surface area is 146 Å². The first kappa shape index (κ1) is 18.1. The lowest BCUT2D eigenvalue weighted by atomic mass is 10.3. The Morgan fingerprint density at radius 1 is 0.875 bits per heavy atom. The number of hydrogen-bond acceptors (Lipinski definition) is 4. The van der Waals surface area contributed by atoms with Crippen LogP contribution in [0.5, 0.6) is 11.5 Å². The number of nitrogens with one attached hydrogen (secondary N) is 1. The van der Waals surface area contributed by atoms with Crippen molar-refractivity contribution in [3.05, 3.63) is 59.6 Å². The second kappa shape index (κ2) is 10.5. The predicted octanol–water partition coefficient (Wildman–Crippen LogP) is 2.93. The molecule has 0 bridgehead atoms. The highest BCUT2D eigenvalue weighted by Gasteiger charge is 2.01. The molecule has 0 saturated carbocycles. The fourth-order valence-electron chi connectivity index (χ4n) is 1.84. The number of amides is 1. The van der Waals surface area contributed by atoms with Crippen LogP contribution in [0.15, 0.2) is 54.6 Å². The smallest absolute Gasteiger partial charge is 0.246 e. The summed E-state index contributed by atoms with van der Waals surface area (Å²) in [5, 5.41) is 3.37. The minimum absolute atomic E-state index is 0.000898. The molecule has 0 fully saturated rings. The Morgan fingerprint density at radius 3 is 2.29 bits per heavy atom. The summed E-state index contributed by atoms with van der Waals surface area (Å²) < 4.78 is 16.2. The lowest BCUT2D eigenvalue weighted by Gasteiger charge is -2.09. The van der Waals surface area contributed by atoms with E-state index in [1.165, 1.54) is 0 Å². The van der Waals surface area contributed by atoms with E-state index < -0.39 is 0 Å². The summed E-state index contributed by atoms with van der Waals surface area (Å²) in [6, 6.07) is 16.5. The van der Waals surface area contributed by atoms with Gasteiger partial charge in [-0.15, -0.1) is 0 Å². The van der Waals surface area contributed by atoms with E-state index in [9.17, 15) is 4.79 Å². The van der Waals surface area contributed by atoms with Crippen LogP contribution in [-0.2, 0) is 9.53 Å². The van der Waals surface area contributed by atoms with E-state index in [2.05, 4.69) is 5.32 Å². The maximum atomic E-state index is 11.6. The Bertz CT molecular complexity index is 604. The van der Waals surface area contributed by atoms with E-state index in [1.807, 2.05) is 30.3 Å². The Balaban J connectivity index is 1.47. The van der Waals surface area contributed by atoms with Crippen LogP contribution in [0.4, 0.5) is 0 Å². The number of halogens is 1. The number of benzene rings is 2. The van der Waals surface area contributed by atoms with Gasteiger partial charge in [0.15, 0.2) is 0 Å². The zero-order valence-corrected chi connectivity index (χ0v) is 14.0. The van der Waals surface area contributed by atoms with Crippen molar-refractivity contribution in [1.29, 1.82) is 0 Å². The van der Waals surface area contributed by atoms with E-state index in [0.717, 1.165) is 5.75 Å². The molecule has 0 aromatic heterocycles. The Kier molecular flexibility index (Phi) is 7.93. The molecule has 0 aliphatic heterocycles. The first-order valence-electron chi connectivity index (χ1n) is 7.65. The molecule has 1 N–H and O–H groups in total. The zero-order valence-electron chi connectivity index (χ0n) is 13.2. The monoisotopic (exact) mass is 349 g/mol. The van der Waals surface area contributed by atoms with Gasteiger partial charge in [-0.1, -0.05) is 29.8 Å². The maximum absolute atomic E-state index is 11.6. The van der Waals surface area contributed by atoms with Gasteiger partial charge in [-0.25, -0.2) is 0 Å². The van der Waals surface area contributed by atoms with Gasteiger partial charge in [0.2, 0.25) is 5.91 Å². The third-order valence-corrected chi connectivity index (χ3v) is 3.23. The first-order chi connectivity index (χ1) is 11.7. The molecule has 0 aliphatic rings. The molecule has 2 rings (SSSR count). The molecular weight excluding hydrogens is 330 g/mol. The minimum Gasteiger partial charge on any atom is -0.492 e. The molecular formula is C18H20ClNO4. The molecule has 0 spiro atoms. The van der Waals surface area contributed by atoms with Crippen LogP contribution in [0.2, 0.25) is 5.02 Å². The fraction of sp³-hybridized carbons (Fsp3) is 0.278. The molecule has 128 valence electrons. The van der Waals surface area contributed by atoms with Gasteiger partial charge in [0, 0.05) is 5.02 Å². The summed E-state index contributed by atoms with van der Waals surface area (Å²) >= 11 is 5.78. The van der Waals surface area contributed by atoms with Crippen molar-refractivity contribution >= 4 is 17.5 Å². The minimum atomic E-state index is -0.186. The molecule has 0 saturated heterocycles. The molecule has 1 amide bonds.